The fourth-order valence-corrected chi connectivity index (χ4v) is 2.25. The highest BCUT2D eigenvalue weighted by Crippen LogP contribution is 2.35. The van der Waals surface area contributed by atoms with Gasteiger partial charge in [0.05, 0.1) is 5.56 Å². The number of phenols is 2. The molecular formula is C17H18O3. The molecule has 3 heteroatoms. The average Bonchev–Trinajstić information content (AvgIpc) is 2.42. The van der Waals surface area contributed by atoms with Crippen molar-refractivity contribution >= 4 is 6.29 Å². The zero-order valence-corrected chi connectivity index (χ0v) is 11.8. The first kappa shape index (κ1) is 14.1. The number of rotatable bonds is 3. The van der Waals surface area contributed by atoms with Gasteiger partial charge in [0.25, 0.3) is 0 Å². The predicted molar refractivity (Wildman–Crippen MR) is 78.5 cm³/mol. The zero-order valence-electron chi connectivity index (χ0n) is 11.8. The molecule has 0 bridgehead atoms. The van der Waals surface area contributed by atoms with Crippen molar-refractivity contribution in [2.24, 2.45) is 0 Å². The summed E-state index contributed by atoms with van der Waals surface area (Å²) in [5.74, 6) is 0.255. The first-order valence-corrected chi connectivity index (χ1v) is 6.45. The summed E-state index contributed by atoms with van der Waals surface area (Å²) < 4.78 is 0. The fraction of sp³-hybridized carbons (Fsp3) is 0.235. The number of carbonyl (C=O) groups excluding carboxylic acids is 1. The van der Waals surface area contributed by atoms with Crippen molar-refractivity contribution < 1.29 is 15.0 Å². The van der Waals surface area contributed by atoms with Crippen LogP contribution in [0.3, 0.4) is 0 Å². The molecule has 0 atom stereocenters. The number of hydrogen-bond acceptors (Lipinski definition) is 3. The SMILES string of the molecule is Cc1cc(C(C)(C)c2ccc(O)c(C=O)c2)ccc1O. The molecule has 0 unspecified atom stereocenters. The molecule has 0 aliphatic rings. The number of aryl methyl sites for hydroxylation is 1. The van der Waals surface area contributed by atoms with Crippen LogP contribution in [0.4, 0.5) is 0 Å². The second-order valence-corrected chi connectivity index (χ2v) is 5.52. The van der Waals surface area contributed by atoms with Crippen LogP contribution in [0.5, 0.6) is 11.5 Å². The molecule has 0 saturated carbocycles. The molecular weight excluding hydrogens is 252 g/mol. The summed E-state index contributed by atoms with van der Waals surface area (Å²) in [6.45, 7) is 5.93. The van der Waals surface area contributed by atoms with Crippen LogP contribution in [-0.4, -0.2) is 16.5 Å². The first-order valence-electron chi connectivity index (χ1n) is 6.45. The highest BCUT2D eigenvalue weighted by molar-refractivity contribution is 5.79. The van der Waals surface area contributed by atoms with Crippen molar-refractivity contribution in [3.63, 3.8) is 0 Å². The Balaban J connectivity index is 2.53. The Morgan fingerprint density at radius 1 is 0.950 bits per heavy atom. The van der Waals surface area contributed by atoms with Crippen molar-refractivity contribution in [2.45, 2.75) is 26.2 Å². The number of benzene rings is 2. The fourth-order valence-electron chi connectivity index (χ4n) is 2.25. The molecule has 0 heterocycles. The lowest BCUT2D eigenvalue weighted by molar-refractivity contribution is 0.112. The molecule has 2 aromatic rings. The molecule has 0 radical (unpaired) electrons. The van der Waals surface area contributed by atoms with Gasteiger partial charge in [-0.1, -0.05) is 32.0 Å². The molecule has 0 aliphatic carbocycles. The highest BCUT2D eigenvalue weighted by Gasteiger charge is 2.24. The monoisotopic (exact) mass is 270 g/mol. The minimum atomic E-state index is -0.329. The molecule has 0 aromatic heterocycles. The van der Waals surface area contributed by atoms with E-state index < -0.39 is 0 Å². The Labute approximate surface area is 118 Å². The Kier molecular flexibility index (Phi) is 3.53. The lowest BCUT2D eigenvalue weighted by Crippen LogP contribution is -2.19. The van der Waals surface area contributed by atoms with Crippen molar-refractivity contribution in [3.05, 3.63) is 58.7 Å². The molecule has 2 N–H and O–H groups in total. The summed E-state index contributed by atoms with van der Waals surface area (Å²) in [4.78, 5) is 10.9. The van der Waals surface area contributed by atoms with E-state index in [0.717, 1.165) is 16.7 Å². The van der Waals surface area contributed by atoms with E-state index >= 15 is 0 Å². The molecule has 104 valence electrons. The second-order valence-electron chi connectivity index (χ2n) is 5.52. The average molecular weight is 270 g/mol. The largest absolute Gasteiger partial charge is 0.508 e. The quantitative estimate of drug-likeness (QED) is 0.839. The second kappa shape index (κ2) is 5.00. The van der Waals surface area contributed by atoms with Crippen LogP contribution in [0.2, 0.25) is 0 Å². The van der Waals surface area contributed by atoms with Gasteiger partial charge in [-0.15, -0.1) is 0 Å². The Morgan fingerprint density at radius 3 is 2.05 bits per heavy atom. The van der Waals surface area contributed by atoms with E-state index in [4.69, 9.17) is 0 Å². The van der Waals surface area contributed by atoms with E-state index in [9.17, 15) is 15.0 Å². The maximum Gasteiger partial charge on any atom is 0.153 e. The molecule has 2 aromatic carbocycles. The van der Waals surface area contributed by atoms with E-state index in [1.54, 1.807) is 12.1 Å². The van der Waals surface area contributed by atoms with Gasteiger partial charge in [0.1, 0.15) is 11.5 Å². The first-order chi connectivity index (χ1) is 9.36. The van der Waals surface area contributed by atoms with Crippen LogP contribution in [0, 0.1) is 6.92 Å². The molecule has 2 rings (SSSR count). The number of carbonyl (C=O) groups is 1. The summed E-state index contributed by atoms with van der Waals surface area (Å²) >= 11 is 0. The molecule has 0 fully saturated rings. The third kappa shape index (κ3) is 2.39. The number of phenolic OH excluding ortho intramolecular Hbond substituents is 2. The number of aromatic hydroxyl groups is 2. The molecule has 0 saturated heterocycles. The lowest BCUT2D eigenvalue weighted by Gasteiger charge is -2.27. The smallest absolute Gasteiger partial charge is 0.153 e. The van der Waals surface area contributed by atoms with Gasteiger partial charge in [0.15, 0.2) is 6.29 Å². The van der Waals surface area contributed by atoms with E-state index in [1.807, 2.05) is 39.0 Å². The van der Waals surface area contributed by atoms with Gasteiger partial charge < -0.3 is 10.2 Å². The van der Waals surface area contributed by atoms with Crippen LogP contribution in [0.15, 0.2) is 36.4 Å². The van der Waals surface area contributed by atoms with Gasteiger partial charge >= 0.3 is 0 Å². The number of aldehydes is 1. The summed E-state index contributed by atoms with van der Waals surface area (Å²) in [5, 5.41) is 19.2. The maximum absolute atomic E-state index is 10.9. The van der Waals surface area contributed by atoms with Crippen LogP contribution < -0.4 is 0 Å². The molecule has 0 amide bonds. The third-order valence-corrected chi connectivity index (χ3v) is 3.79. The molecule has 0 aliphatic heterocycles. The maximum atomic E-state index is 10.9. The van der Waals surface area contributed by atoms with Crippen LogP contribution in [0.25, 0.3) is 0 Å². The molecule has 20 heavy (non-hydrogen) atoms. The van der Waals surface area contributed by atoms with Crippen molar-refractivity contribution in [1.82, 2.24) is 0 Å². The third-order valence-electron chi connectivity index (χ3n) is 3.79. The summed E-state index contributed by atoms with van der Waals surface area (Å²) in [6, 6.07) is 10.5. The van der Waals surface area contributed by atoms with Gasteiger partial charge in [0, 0.05) is 5.41 Å². The van der Waals surface area contributed by atoms with E-state index in [0.29, 0.717) is 6.29 Å². The van der Waals surface area contributed by atoms with Gasteiger partial charge in [-0.05, 0) is 41.8 Å². The minimum Gasteiger partial charge on any atom is -0.508 e. The van der Waals surface area contributed by atoms with Crippen molar-refractivity contribution in [2.75, 3.05) is 0 Å². The molecule has 3 nitrogen and oxygen atoms in total. The Morgan fingerprint density at radius 2 is 1.50 bits per heavy atom. The van der Waals surface area contributed by atoms with E-state index in [2.05, 4.69) is 0 Å². The summed E-state index contributed by atoms with van der Waals surface area (Å²) in [5.41, 5.74) is 2.73. The van der Waals surface area contributed by atoms with Gasteiger partial charge in [0.2, 0.25) is 0 Å². The molecule has 0 spiro atoms. The van der Waals surface area contributed by atoms with E-state index in [1.165, 1.54) is 6.07 Å². The normalized spacial score (nSPS) is 11.3. The van der Waals surface area contributed by atoms with Crippen LogP contribution >= 0.6 is 0 Å². The highest BCUT2D eigenvalue weighted by atomic mass is 16.3. The Bertz CT molecular complexity index is 657. The summed E-state index contributed by atoms with van der Waals surface area (Å²) in [6.07, 6.45) is 0.650. The van der Waals surface area contributed by atoms with Crippen LogP contribution in [-0.2, 0) is 5.41 Å². The standard InChI is InChI=1S/C17H18O3/c1-11-8-13(4-6-15(11)19)17(2,3)14-5-7-16(20)12(9-14)10-18/h4-10,19-20H,1-3H3. The minimum absolute atomic E-state index is 0.0126. The number of hydrogen-bond donors (Lipinski definition) is 2. The van der Waals surface area contributed by atoms with E-state index in [-0.39, 0.29) is 22.5 Å². The van der Waals surface area contributed by atoms with Crippen LogP contribution in [0.1, 0.15) is 40.9 Å². The van der Waals surface area contributed by atoms with Crippen molar-refractivity contribution in [1.29, 1.82) is 0 Å². The Hall–Kier alpha value is -2.29. The topological polar surface area (TPSA) is 57.5 Å². The summed E-state index contributed by atoms with van der Waals surface area (Å²) in [7, 11) is 0. The zero-order chi connectivity index (χ0) is 14.9. The van der Waals surface area contributed by atoms with Gasteiger partial charge in [-0.3, -0.25) is 4.79 Å². The predicted octanol–water partition coefficient (Wildman–Crippen LogP) is 3.54. The lowest BCUT2D eigenvalue weighted by atomic mass is 9.77. The van der Waals surface area contributed by atoms with Gasteiger partial charge in [-0.2, -0.15) is 0 Å². The van der Waals surface area contributed by atoms with Gasteiger partial charge in [-0.25, -0.2) is 0 Å². The van der Waals surface area contributed by atoms with Crippen molar-refractivity contribution in [3.8, 4) is 11.5 Å².